The maximum atomic E-state index is 5.17. The molecule has 0 radical (unpaired) electrons. The standard InChI is InChI=1S/C17H26N4O/c1-4-15(2)21(13-16-6-5-7-18-12-16)14-17-19-8-9-20(17)10-11-22-3/h5-9,12,15H,4,10-11,13-14H2,1-3H3/t15-/m0/s1. The Balaban J connectivity index is 2.08. The van der Waals surface area contributed by atoms with Crippen molar-refractivity contribution < 1.29 is 4.74 Å². The van der Waals surface area contributed by atoms with E-state index in [1.54, 1.807) is 7.11 Å². The fraction of sp³-hybridized carbons (Fsp3) is 0.529. The Morgan fingerprint density at radius 2 is 2.18 bits per heavy atom. The summed E-state index contributed by atoms with van der Waals surface area (Å²) < 4.78 is 7.34. The van der Waals surface area contributed by atoms with Crippen LogP contribution in [0, 0.1) is 0 Å². The van der Waals surface area contributed by atoms with E-state index < -0.39 is 0 Å². The second-order valence-electron chi connectivity index (χ2n) is 5.55. The Labute approximate surface area is 133 Å². The van der Waals surface area contributed by atoms with Gasteiger partial charge in [-0.1, -0.05) is 13.0 Å². The van der Waals surface area contributed by atoms with Gasteiger partial charge in [-0.2, -0.15) is 0 Å². The number of aromatic nitrogens is 3. The van der Waals surface area contributed by atoms with E-state index in [9.17, 15) is 0 Å². The number of hydrogen-bond donors (Lipinski definition) is 0. The molecule has 2 heterocycles. The van der Waals surface area contributed by atoms with E-state index in [2.05, 4.69) is 39.3 Å². The van der Waals surface area contributed by atoms with Crippen LogP contribution >= 0.6 is 0 Å². The molecule has 5 nitrogen and oxygen atoms in total. The first kappa shape index (κ1) is 16.6. The predicted molar refractivity (Wildman–Crippen MR) is 87.3 cm³/mol. The molecule has 0 spiro atoms. The molecular formula is C17H26N4O. The monoisotopic (exact) mass is 302 g/mol. The normalized spacial score (nSPS) is 12.7. The lowest BCUT2D eigenvalue weighted by Gasteiger charge is -2.28. The lowest BCUT2D eigenvalue weighted by molar-refractivity contribution is 0.168. The Hall–Kier alpha value is -1.72. The molecule has 0 N–H and O–H groups in total. The number of hydrogen-bond acceptors (Lipinski definition) is 4. The molecule has 0 aromatic carbocycles. The van der Waals surface area contributed by atoms with Crippen molar-refractivity contribution in [1.82, 2.24) is 19.4 Å². The van der Waals surface area contributed by atoms with Crippen molar-refractivity contribution in [2.45, 2.75) is 45.9 Å². The summed E-state index contributed by atoms with van der Waals surface area (Å²) in [7, 11) is 1.73. The highest BCUT2D eigenvalue weighted by Gasteiger charge is 2.16. The minimum atomic E-state index is 0.493. The van der Waals surface area contributed by atoms with Crippen molar-refractivity contribution >= 4 is 0 Å². The third kappa shape index (κ3) is 4.64. The van der Waals surface area contributed by atoms with Crippen LogP contribution in [0.25, 0.3) is 0 Å². The molecule has 0 saturated carbocycles. The van der Waals surface area contributed by atoms with Gasteiger partial charge in [0.2, 0.25) is 0 Å². The largest absolute Gasteiger partial charge is 0.383 e. The summed E-state index contributed by atoms with van der Waals surface area (Å²) in [6.07, 6.45) is 8.75. The summed E-state index contributed by atoms with van der Waals surface area (Å²) in [5, 5.41) is 0. The summed E-state index contributed by atoms with van der Waals surface area (Å²) in [5.41, 5.74) is 1.23. The molecule has 2 aromatic heterocycles. The molecular weight excluding hydrogens is 276 g/mol. The number of ether oxygens (including phenoxy) is 1. The molecule has 0 aliphatic heterocycles. The van der Waals surface area contributed by atoms with Gasteiger partial charge in [0.15, 0.2) is 0 Å². The van der Waals surface area contributed by atoms with Gasteiger partial charge < -0.3 is 9.30 Å². The molecule has 2 aromatic rings. The van der Waals surface area contributed by atoms with E-state index in [1.807, 2.05) is 30.9 Å². The van der Waals surface area contributed by atoms with Crippen molar-refractivity contribution in [3.8, 4) is 0 Å². The Morgan fingerprint density at radius 3 is 2.86 bits per heavy atom. The van der Waals surface area contributed by atoms with Gasteiger partial charge in [-0.3, -0.25) is 9.88 Å². The third-order valence-electron chi connectivity index (χ3n) is 4.01. The van der Waals surface area contributed by atoms with Gasteiger partial charge in [-0.05, 0) is 25.0 Å². The second-order valence-corrected chi connectivity index (χ2v) is 5.55. The van der Waals surface area contributed by atoms with Gasteiger partial charge in [0.1, 0.15) is 5.82 Å². The van der Waals surface area contributed by atoms with Crippen LogP contribution in [0.3, 0.4) is 0 Å². The molecule has 0 saturated heterocycles. The number of methoxy groups -OCH3 is 1. The molecule has 1 atom stereocenters. The SMILES string of the molecule is CC[C@H](C)N(Cc1cccnc1)Cc1nccn1CCOC. The highest BCUT2D eigenvalue weighted by Crippen LogP contribution is 2.14. The van der Waals surface area contributed by atoms with Crippen molar-refractivity contribution in [3.63, 3.8) is 0 Å². The molecule has 0 fully saturated rings. The molecule has 0 amide bonds. The zero-order chi connectivity index (χ0) is 15.8. The number of rotatable bonds is 9. The molecule has 0 aliphatic rings. The first-order chi connectivity index (χ1) is 10.7. The topological polar surface area (TPSA) is 43.2 Å². The Morgan fingerprint density at radius 1 is 1.32 bits per heavy atom. The van der Waals surface area contributed by atoms with E-state index >= 15 is 0 Å². The van der Waals surface area contributed by atoms with E-state index in [1.165, 1.54) is 5.56 Å². The highest BCUT2D eigenvalue weighted by atomic mass is 16.5. The van der Waals surface area contributed by atoms with E-state index in [0.717, 1.165) is 31.9 Å². The molecule has 0 unspecified atom stereocenters. The number of pyridine rings is 1. The smallest absolute Gasteiger partial charge is 0.122 e. The maximum absolute atomic E-state index is 5.17. The van der Waals surface area contributed by atoms with Gasteiger partial charge in [0, 0.05) is 51.0 Å². The molecule has 5 heteroatoms. The average molecular weight is 302 g/mol. The van der Waals surface area contributed by atoms with Gasteiger partial charge in [0.05, 0.1) is 13.2 Å². The van der Waals surface area contributed by atoms with Crippen molar-refractivity contribution in [3.05, 3.63) is 48.3 Å². The zero-order valence-corrected chi connectivity index (χ0v) is 13.8. The first-order valence-corrected chi connectivity index (χ1v) is 7.86. The number of nitrogens with zero attached hydrogens (tertiary/aromatic N) is 4. The summed E-state index contributed by atoms with van der Waals surface area (Å²) >= 11 is 0. The van der Waals surface area contributed by atoms with Crippen LogP contribution < -0.4 is 0 Å². The fourth-order valence-electron chi connectivity index (χ4n) is 2.42. The summed E-state index contributed by atoms with van der Waals surface area (Å²) in [4.78, 5) is 11.2. The van der Waals surface area contributed by atoms with E-state index in [4.69, 9.17) is 4.74 Å². The molecule has 120 valence electrons. The summed E-state index contributed by atoms with van der Waals surface area (Å²) in [5.74, 6) is 1.08. The lowest BCUT2D eigenvalue weighted by Crippen LogP contribution is -2.33. The minimum Gasteiger partial charge on any atom is -0.383 e. The van der Waals surface area contributed by atoms with Crippen LogP contribution in [-0.2, 0) is 24.4 Å². The van der Waals surface area contributed by atoms with Gasteiger partial charge in [0.25, 0.3) is 0 Å². The highest BCUT2D eigenvalue weighted by molar-refractivity contribution is 5.08. The maximum Gasteiger partial charge on any atom is 0.122 e. The van der Waals surface area contributed by atoms with E-state index in [-0.39, 0.29) is 0 Å². The van der Waals surface area contributed by atoms with Crippen LogP contribution in [0.4, 0.5) is 0 Å². The van der Waals surface area contributed by atoms with Crippen LogP contribution in [0.2, 0.25) is 0 Å². The predicted octanol–water partition coefficient (Wildman–Crippen LogP) is 2.73. The van der Waals surface area contributed by atoms with Crippen LogP contribution in [-0.4, -0.2) is 39.2 Å². The van der Waals surface area contributed by atoms with Crippen LogP contribution in [0.5, 0.6) is 0 Å². The van der Waals surface area contributed by atoms with Crippen LogP contribution in [0.15, 0.2) is 36.9 Å². The zero-order valence-electron chi connectivity index (χ0n) is 13.8. The van der Waals surface area contributed by atoms with Gasteiger partial charge in [-0.15, -0.1) is 0 Å². The Bertz CT molecular complexity index is 541. The minimum absolute atomic E-state index is 0.493. The molecule has 0 aliphatic carbocycles. The quantitative estimate of drug-likeness (QED) is 0.714. The Kier molecular flexibility index (Phi) is 6.55. The first-order valence-electron chi connectivity index (χ1n) is 7.86. The molecule has 0 bridgehead atoms. The second kappa shape index (κ2) is 8.66. The summed E-state index contributed by atoms with van der Waals surface area (Å²) in [6, 6.07) is 4.61. The molecule has 22 heavy (non-hydrogen) atoms. The van der Waals surface area contributed by atoms with Crippen LogP contribution in [0.1, 0.15) is 31.7 Å². The fourth-order valence-corrected chi connectivity index (χ4v) is 2.42. The summed E-state index contributed by atoms with van der Waals surface area (Å²) in [6.45, 7) is 7.75. The number of imidazole rings is 1. The van der Waals surface area contributed by atoms with Crippen molar-refractivity contribution in [2.75, 3.05) is 13.7 Å². The van der Waals surface area contributed by atoms with Gasteiger partial charge >= 0.3 is 0 Å². The average Bonchev–Trinajstić information content (AvgIpc) is 2.99. The lowest BCUT2D eigenvalue weighted by atomic mass is 10.2. The van der Waals surface area contributed by atoms with Crippen molar-refractivity contribution in [2.24, 2.45) is 0 Å². The van der Waals surface area contributed by atoms with E-state index in [0.29, 0.717) is 12.6 Å². The molecule has 2 rings (SSSR count). The van der Waals surface area contributed by atoms with Crippen molar-refractivity contribution in [1.29, 1.82) is 0 Å². The van der Waals surface area contributed by atoms with Gasteiger partial charge in [-0.25, -0.2) is 4.98 Å². The third-order valence-corrected chi connectivity index (χ3v) is 4.01.